The zero-order valence-corrected chi connectivity index (χ0v) is 21.7. The number of thiol groups is 1. The van der Waals surface area contributed by atoms with E-state index < -0.39 is 0 Å². The van der Waals surface area contributed by atoms with E-state index in [0.29, 0.717) is 5.92 Å². The molecule has 4 aliphatic rings. The summed E-state index contributed by atoms with van der Waals surface area (Å²) >= 11 is 3.53. The summed E-state index contributed by atoms with van der Waals surface area (Å²) in [6.45, 7) is 7.06. The van der Waals surface area contributed by atoms with Crippen LogP contribution in [0.4, 0.5) is 5.69 Å². The number of allylic oxidation sites excluding steroid dienone is 3. The fraction of sp³-hybridized carbons (Fsp3) is 0.519. The minimum absolute atomic E-state index is 0.0625. The summed E-state index contributed by atoms with van der Waals surface area (Å²) < 4.78 is 0. The highest BCUT2D eigenvalue weighted by Crippen LogP contribution is 2.34. The normalized spacial score (nSPS) is 21.8. The third kappa shape index (κ3) is 5.15. The van der Waals surface area contributed by atoms with Gasteiger partial charge < -0.3 is 25.3 Å². The van der Waals surface area contributed by atoms with Gasteiger partial charge in [-0.25, -0.2) is 0 Å². The van der Waals surface area contributed by atoms with E-state index in [4.69, 9.17) is 0 Å². The Balaban J connectivity index is 0.00000133. The second-order valence-corrected chi connectivity index (χ2v) is 9.46. The molecule has 34 heavy (non-hydrogen) atoms. The lowest BCUT2D eigenvalue weighted by Crippen LogP contribution is -2.38. The Labute approximate surface area is 210 Å². The lowest BCUT2D eigenvalue weighted by Gasteiger charge is -2.35. The molecule has 1 unspecified atom stereocenters. The molecule has 5 rings (SSSR count). The number of aryl methyl sites for hydroxylation is 1. The molecule has 4 heterocycles. The molecule has 2 N–H and O–H groups in total. The van der Waals surface area contributed by atoms with Crippen molar-refractivity contribution in [3.63, 3.8) is 0 Å². The standard InChI is InChI=1S/C26H35N5O.CH4S/c1-19-24(31-15-4-3-7-25(31)29(19)2)18-30-14-5-6-21-16-22(8-9-23(21)30)26(32)28-17-20-10-12-27-13-11-20;1-2/h3-4,7-9,15-16,20,25,27H,5-6,10-14,17-18H2,1-2H3,(H,28,32);2H,1H3. The highest BCUT2D eigenvalue weighted by atomic mass is 32.1. The Morgan fingerprint density at radius 3 is 2.79 bits per heavy atom. The molecular formula is C27H39N5OS. The molecule has 0 aromatic heterocycles. The zero-order valence-electron chi connectivity index (χ0n) is 20.8. The number of nitrogens with zero attached hydrogens (tertiary/aromatic N) is 3. The van der Waals surface area contributed by atoms with Gasteiger partial charge in [0.1, 0.15) is 6.17 Å². The highest BCUT2D eigenvalue weighted by Gasteiger charge is 2.33. The van der Waals surface area contributed by atoms with Gasteiger partial charge in [0, 0.05) is 43.3 Å². The monoisotopic (exact) mass is 481 g/mol. The second-order valence-electron chi connectivity index (χ2n) is 9.46. The summed E-state index contributed by atoms with van der Waals surface area (Å²) in [4.78, 5) is 20.0. The van der Waals surface area contributed by atoms with Crippen LogP contribution in [0, 0.1) is 5.92 Å². The van der Waals surface area contributed by atoms with Crippen molar-refractivity contribution in [1.82, 2.24) is 20.4 Å². The molecule has 0 aliphatic carbocycles. The number of benzene rings is 1. The fourth-order valence-corrected chi connectivity index (χ4v) is 5.42. The van der Waals surface area contributed by atoms with Gasteiger partial charge in [0.2, 0.25) is 0 Å². The maximum atomic E-state index is 12.8. The predicted octanol–water partition coefficient (Wildman–Crippen LogP) is 3.60. The predicted molar refractivity (Wildman–Crippen MR) is 144 cm³/mol. The molecule has 0 radical (unpaired) electrons. The molecule has 0 spiro atoms. The van der Waals surface area contributed by atoms with E-state index in [1.54, 1.807) is 6.26 Å². The second kappa shape index (κ2) is 11.4. The molecule has 4 aliphatic heterocycles. The molecule has 1 amide bonds. The molecule has 0 bridgehead atoms. The van der Waals surface area contributed by atoms with Gasteiger partial charge in [-0.3, -0.25) is 4.79 Å². The van der Waals surface area contributed by atoms with E-state index in [1.165, 1.54) is 22.6 Å². The first-order chi connectivity index (χ1) is 16.6. The van der Waals surface area contributed by atoms with Crippen LogP contribution in [0.1, 0.15) is 42.1 Å². The number of hydrogen-bond donors (Lipinski definition) is 3. The van der Waals surface area contributed by atoms with E-state index in [2.05, 4.69) is 88.5 Å². The third-order valence-electron chi connectivity index (χ3n) is 7.49. The van der Waals surface area contributed by atoms with Crippen LogP contribution in [0.15, 0.2) is 54.0 Å². The first-order valence-corrected chi connectivity index (χ1v) is 13.4. The number of rotatable bonds is 5. The summed E-state index contributed by atoms with van der Waals surface area (Å²) in [5.74, 6) is 0.657. The van der Waals surface area contributed by atoms with Crippen molar-refractivity contribution in [1.29, 1.82) is 0 Å². The van der Waals surface area contributed by atoms with Gasteiger partial charge in [0.25, 0.3) is 5.91 Å². The summed E-state index contributed by atoms with van der Waals surface area (Å²) in [6.07, 6.45) is 15.1. The summed E-state index contributed by atoms with van der Waals surface area (Å²) in [6, 6.07) is 6.28. The van der Waals surface area contributed by atoms with Crippen LogP contribution in [-0.4, -0.2) is 67.9 Å². The van der Waals surface area contributed by atoms with Gasteiger partial charge in [0.15, 0.2) is 0 Å². The van der Waals surface area contributed by atoms with E-state index in [1.807, 2.05) is 6.07 Å². The Morgan fingerprint density at radius 2 is 2.00 bits per heavy atom. The minimum Gasteiger partial charge on any atom is -0.365 e. The smallest absolute Gasteiger partial charge is 0.251 e. The Kier molecular flexibility index (Phi) is 8.27. The number of carbonyl (C=O) groups is 1. The van der Waals surface area contributed by atoms with E-state index in [9.17, 15) is 4.79 Å². The topological polar surface area (TPSA) is 50.9 Å². The number of piperidine rings is 1. The first kappa shape index (κ1) is 24.7. The Morgan fingerprint density at radius 1 is 1.21 bits per heavy atom. The first-order valence-electron chi connectivity index (χ1n) is 12.5. The number of amides is 1. The molecule has 7 heteroatoms. The Bertz CT molecular complexity index is 966. The largest absolute Gasteiger partial charge is 0.365 e. The van der Waals surface area contributed by atoms with Crippen molar-refractivity contribution >= 4 is 24.2 Å². The summed E-state index contributed by atoms with van der Waals surface area (Å²) in [5.41, 5.74) is 6.04. The number of carbonyl (C=O) groups excluding carboxylic acids is 1. The van der Waals surface area contributed by atoms with Crippen LogP contribution in [0.5, 0.6) is 0 Å². The number of anilines is 1. The molecule has 0 saturated carbocycles. The Hall–Kier alpha value is -2.38. The van der Waals surface area contributed by atoms with E-state index in [0.717, 1.165) is 64.0 Å². The lowest BCUT2D eigenvalue weighted by molar-refractivity contribution is 0.0944. The highest BCUT2D eigenvalue weighted by molar-refractivity contribution is 7.79. The molecule has 1 atom stereocenters. The molecule has 1 aromatic rings. The molecule has 1 saturated heterocycles. The maximum Gasteiger partial charge on any atom is 0.251 e. The molecule has 6 nitrogen and oxygen atoms in total. The zero-order chi connectivity index (χ0) is 24.1. The van der Waals surface area contributed by atoms with Gasteiger partial charge in [0.05, 0.1) is 12.2 Å². The maximum absolute atomic E-state index is 12.8. The van der Waals surface area contributed by atoms with Gasteiger partial charge in [-0.1, -0.05) is 6.08 Å². The van der Waals surface area contributed by atoms with Gasteiger partial charge in [-0.05, 0) is 93.8 Å². The van der Waals surface area contributed by atoms with Crippen LogP contribution < -0.4 is 15.5 Å². The molecule has 184 valence electrons. The van der Waals surface area contributed by atoms with E-state index >= 15 is 0 Å². The van der Waals surface area contributed by atoms with E-state index in [-0.39, 0.29) is 12.1 Å². The van der Waals surface area contributed by atoms with Gasteiger partial charge in [-0.15, -0.1) is 0 Å². The van der Waals surface area contributed by atoms with Gasteiger partial charge >= 0.3 is 0 Å². The minimum atomic E-state index is 0.0625. The number of nitrogens with one attached hydrogen (secondary N) is 2. The molecule has 1 fully saturated rings. The van der Waals surface area contributed by atoms with Crippen molar-refractivity contribution in [2.75, 3.05) is 50.9 Å². The van der Waals surface area contributed by atoms with Crippen molar-refractivity contribution in [3.8, 4) is 0 Å². The van der Waals surface area contributed by atoms with Crippen molar-refractivity contribution < 1.29 is 4.79 Å². The summed E-state index contributed by atoms with van der Waals surface area (Å²) in [7, 11) is 2.17. The quantitative estimate of drug-likeness (QED) is 0.561. The van der Waals surface area contributed by atoms with Crippen molar-refractivity contribution in [2.45, 2.75) is 38.8 Å². The lowest BCUT2D eigenvalue weighted by atomic mass is 9.97. The van der Waals surface area contributed by atoms with Crippen molar-refractivity contribution in [3.05, 3.63) is 65.1 Å². The van der Waals surface area contributed by atoms with Crippen LogP contribution in [0.2, 0.25) is 0 Å². The van der Waals surface area contributed by atoms with Crippen LogP contribution in [-0.2, 0) is 6.42 Å². The van der Waals surface area contributed by atoms with Crippen molar-refractivity contribution in [2.24, 2.45) is 5.92 Å². The third-order valence-corrected chi connectivity index (χ3v) is 7.49. The fourth-order valence-electron chi connectivity index (χ4n) is 5.42. The van der Waals surface area contributed by atoms with Crippen LogP contribution in [0.3, 0.4) is 0 Å². The summed E-state index contributed by atoms with van der Waals surface area (Å²) in [5, 5.41) is 6.56. The van der Waals surface area contributed by atoms with Crippen LogP contribution in [0.25, 0.3) is 0 Å². The average molecular weight is 482 g/mol. The number of fused-ring (bicyclic) bond motifs is 2. The number of hydrogen-bond acceptors (Lipinski definition) is 6. The molecular weight excluding hydrogens is 442 g/mol. The average Bonchev–Trinajstić information content (AvgIpc) is 3.14. The SMILES string of the molecule is CC1=C(CN2CCCc3cc(C(=O)NCC4CCNCC4)ccc32)N2C=CC=CC2N1C.CS. The van der Waals surface area contributed by atoms with Crippen LogP contribution >= 0.6 is 12.6 Å². The van der Waals surface area contributed by atoms with Gasteiger partial charge in [-0.2, -0.15) is 12.6 Å². The number of likely N-dealkylation sites (N-methyl/N-ethyl adjacent to an activating group) is 1. The molecule has 1 aromatic carbocycles.